The molecule has 1 heterocycles. The molecule has 0 atom stereocenters. The van der Waals surface area contributed by atoms with E-state index in [1.165, 1.54) is 10.4 Å². The maximum atomic E-state index is 12.5. The Balaban J connectivity index is 1.92. The van der Waals surface area contributed by atoms with Gasteiger partial charge in [-0.1, -0.05) is 24.3 Å². The molecule has 1 aliphatic heterocycles. The minimum atomic E-state index is -3.73. The van der Waals surface area contributed by atoms with Gasteiger partial charge >= 0.3 is 0 Å². The predicted molar refractivity (Wildman–Crippen MR) is 94.2 cm³/mol. The summed E-state index contributed by atoms with van der Waals surface area (Å²) in [4.78, 5) is 0.198. The average molecular weight is 366 g/mol. The summed E-state index contributed by atoms with van der Waals surface area (Å²) in [5, 5.41) is 0. The highest BCUT2D eigenvalue weighted by molar-refractivity contribution is 7.93. The summed E-state index contributed by atoms with van der Waals surface area (Å²) in [6.45, 7) is 2.14. The van der Waals surface area contributed by atoms with Crippen LogP contribution in [-0.2, 0) is 20.0 Å². The fraction of sp³-hybridized carbons (Fsp3) is 0.250. The summed E-state index contributed by atoms with van der Waals surface area (Å²) < 4.78 is 52.9. The van der Waals surface area contributed by atoms with E-state index in [1.54, 1.807) is 49.4 Å². The van der Waals surface area contributed by atoms with Gasteiger partial charge in [-0.3, -0.25) is 9.03 Å². The number of rotatable bonds is 4. The molecule has 0 amide bonds. The van der Waals surface area contributed by atoms with E-state index in [0.29, 0.717) is 29.9 Å². The van der Waals surface area contributed by atoms with E-state index >= 15 is 0 Å². The van der Waals surface area contributed by atoms with Crippen LogP contribution in [0, 0.1) is 6.92 Å². The van der Waals surface area contributed by atoms with Crippen LogP contribution in [-0.4, -0.2) is 29.1 Å². The Morgan fingerprint density at radius 3 is 2.50 bits per heavy atom. The minimum Gasteiger partial charge on any atom is -0.280 e. The topological polar surface area (TPSA) is 83.6 Å². The van der Waals surface area contributed by atoms with Gasteiger partial charge in [-0.2, -0.15) is 0 Å². The first-order valence-electron chi connectivity index (χ1n) is 7.48. The number of nitrogens with one attached hydrogen (secondary N) is 1. The first-order valence-corrected chi connectivity index (χ1v) is 10.6. The number of aryl methyl sites for hydroxylation is 1. The highest BCUT2D eigenvalue weighted by Gasteiger charge is 2.28. The molecule has 0 aliphatic carbocycles. The summed E-state index contributed by atoms with van der Waals surface area (Å²) in [5.74, 6) is 0.117. The fourth-order valence-electron chi connectivity index (χ4n) is 2.72. The molecule has 2 aromatic carbocycles. The molecule has 3 rings (SSSR count). The molecule has 128 valence electrons. The zero-order valence-electron chi connectivity index (χ0n) is 13.1. The molecule has 24 heavy (non-hydrogen) atoms. The highest BCUT2D eigenvalue weighted by Crippen LogP contribution is 2.27. The zero-order chi connectivity index (χ0) is 17.4. The second-order valence-corrected chi connectivity index (χ2v) is 9.33. The van der Waals surface area contributed by atoms with Crippen molar-refractivity contribution in [3.8, 4) is 0 Å². The van der Waals surface area contributed by atoms with E-state index in [2.05, 4.69) is 4.72 Å². The zero-order valence-corrected chi connectivity index (χ0v) is 14.8. The number of hydrogen-bond acceptors (Lipinski definition) is 4. The molecule has 1 N–H and O–H groups in total. The predicted octanol–water partition coefficient (Wildman–Crippen LogP) is 2.34. The number of hydrogen-bond donors (Lipinski definition) is 1. The maximum Gasteiger partial charge on any atom is 0.262 e. The maximum absolute atomic E-state index is 12.5. The van der Waals surface area contributed by atoms with Crippen molar-refractivity contribution in [1.82, 2.24) is 0 Å². The number of anilines is 2. The smallest absolute Gasteiger partial charge is 0.262 e. The van der Waals surface area contributed by atoms with Crippen molar-refractivity contribution < 1.29 is 16.8 Å². The van der Waals surface area contributed by atoms with Crippen LogP contribution in [0.5, 0.6) is 0 Å². The Bertz CT molecular complexity index is 969. The van der Waals surface area contributed by atoms with E-state index in [9.17, 15) is 16.8 Å². The van der Waals surface area contributed by atoms with Gasteiger partial charge in [0.25, 0.3) is 10.0 Å². The molecule has 0 spiro atoms. The lowest BCUT2D eigenvalue weighted by Gasteiger charge is -2.18. The van der Waals surface area contributed by atoms with Crippen LogP contribution in [0.1, 0.15) is 12.0 Å². The van der Waals surface area contributed by atoms with Crippen LogP contribution < -0.4 is 9.03 Å². The molecule has 1 fully saturated rings. The highest BCUT2D eigenvalue weighted by atomic mass is 32.2. The lowest BCUT2D eigenvalue weighted by Crippen LogP contribution is -2.25. The second-order valence-electron chi connectivity index (χ2n) is 5.66. The summed E-state index contributed by atoms with van der Waals surface area (Å²) >= 11 is 0. The van der Waals surface area contributed by atoms with Crippen molar-refractivity contribution in [3.05, 3.63) is 54.1 Å². The van der Waals surface area contributed by atoms with Crippen LogP contribution >= 0.6 is 0 Å². The van der Waals surface area contributed by atoms with Gasteiger partial charge in [-0.15, -0.1) is 0 Å². The van der Waals surface area contributed by atoms with Crippen molar-refractivity contribution in [2.75, 3.05) is 21.3 Å². The second kappa shape index (κ2) is 6.10. The standard InChI is InChI=1S/C16H18N2O4S2/c1-13-6-2-3-9-16(13)24(21,22)17-14-7-4-8-15(12-14)18-10-5-11-23(18,19)20/h2-4,6-9,12,17H,5,10-11H2,1H3. The summed E-state index contributed by atoms with van der Waals surface area (Å²) in [6, 6.07) is 13.1. The molecular formula is C16H18N2O4S2. The van der Waals surface area contributed by atoms with Crippen LogP contribution in [0.3, 0.4) is 0 Å². The Morgan fingerprint density at radius 2 is 1.83 bits per heavy atom. The van der Waals surface area contributed by atoms with Gasteiger partial charge in [-0.25, -0.2) is 16.8 Å². The average Bonchev–Trinajstić information content (AvgIpc) is 2.86. The van der Waals surface area contributed by atoms with Gasteiger partial charge in [0.2, 0.25) is 10.0 Å². The summed E-state index contributed by atoms with van der Waals surface area (Å²) in [5.41, 5.74) is 1.44. The third-order valence-electron chi connectivity index (χ3n) is 3.87. The van der Waals surface area contributed by atoms with Crippen LogP contribution in [0.2, 0.25) is 0 Å². The van der Waals surface area contributed by atoms with E-state index in [-0.39, 0.29) is 10.6 Å². The van der Waals surface area contributed by atoms with Gasteiger partial charge in [0, 0.05) is 6.54 Å². The van der Waals surface area contributed by atoms with Crippen LogP contribution in [0.4, 0.5) is 11.4 Å². The molecule has 0 saturated carbocycles. The molecule has 8 heteroatoms. The van der Waals surface area contributed by atoms with E-state index in [1.807, 2.05) is 0 Å². The molecule has 0 bridgehead atoms. The van der Waals surface area contributed by atoms with Gasteiger partial charge in [-0.05, 0) is 43.2 Å². The van der Waals surface area contributed by atoms with Gasteiger partial charge < -0.3 is 0 Å². The fourth-order valence-corrected chi connectivity index (χ4v) is 5.58. The van der Waals surface area contributed by atoms with E-state index in [4.69, 9.17) is 0 Å². The SMILES string of the molecule is Cc1ccccc1S(=O)(=O)Nc1cccc(N2CCCS2(=O)=O)c1. The van der Waals surface area contributed by atoms with E-state index < -0.39 is 20.0 Å². The van der Waals surface area contributed by atoms with Crippen molar-refractivity contribution in [3.63, 3.8) is 0 Å². The molecule has 0 unspecified atom stereocenters. The molecule has 6 nitrogen and oxygen atoms in total. The molecule has 1 aliphatic rings. The number of sulfonamides is 2. The lowest BCUT2D eigenvalue weighted by atomic mass is 10.2. The van der Waals surface area contributed by atoms with Crippen LogP contribution in [0.15, 0.2) is 53.4 Å². The van der Waals surface area contributed by atoms with Gasteiger partial charge in [0.05, 0.1) is 22.0 Å². The molecule has 1 saturated heterocycles. The Labute approximate surface area is 142 Å². The van der Waals surface area contributed by atoms with Crippen LogP contribution in [0.25, 0.3) is 0 Å². The van der Waals surface area contributed by atoms with Crippen molar-refractivity contribution in [1.29, 1.82) is 0 Å². The normalized spacial score (nSPS) is 17.0. The monoisotopic (exact) mass is 366 g/mol. The lowest BCUT2D eigenvalue weighted by molar-refractivity contribution is 0.598. The van der Waals surface area contributed by atoms with Crippen molar-refractivity contribution >= 4 is 31.4 Å². The first-order chi connectivity index (χ1) is 11.3. The molecular weight excluding hydrogens is 348 g/mol. The summed E-state index contributed by atoms with van der Waals surface area (Å²) in [6.07, 6.45) is 0.571. The Morgan fingerprint density at radius 1 is 1.08 bits per heavy atom. The third-order valence-corrected chi connectivity index (χ3v) is 7.28. The van der Waals surface area contributed by atoms with Crippen molar-refractivity contribution in [2.45, 2.75) is 18.2 Å². The number of nitrogens with zero attached hydrogens (tertiary/aromatic N) is 1. The first kappa shape index (κ1) is 16.8. The Kier molecular flexibility index (Phi) is 4.27. The largest absolute Gasteiger partial charge is 0.280 e. The van der Waals surface area contributed by atoms with E-state index in [0.717, 1.165) is 0 Å². The minimum absolute atomic E-state index is 0.117. The number of benzene rings is 2. The third kappa shape index (κ3) is 3.25. The molecule has 2 aromatic rings. The Hall–Kier alpha value is -2.06. The summed E-state index contributed by atoms with van der Waals surface area (Å²) in [7, 11) is -7.03. The van der Waals surface area contributed by atoms with Crippen molar-refractivity contribution in [2.24, 2.45) is 0 Å². The van der Waals surface area contributed by atoms with Gasteiger partial charge in [0.15, 0.2) is 0 Å². The molecule has 0 radical (unpaired) electrons. The van der Waals surface area contributed by atoms with Gasteiger partial charge in [0.1, 0.15) is 0 Å². The quantitative estimate of drug-likeness (QED) is 0.900. The molecule has 0 aromatic heterocycles.